The van der Waals surface area contributed by atoms with Crippen LogP contribution in [-0.2, 0) is 11.4 Å². The highest BCUT2D eigenvalue weighted by molar-refractivity contribution is 9.11. The first-order valence-corrected chi connectivity index (χ1v) is 11.7. The lowest BCUT2D eigenvalue weighted by atomic mass is 10.1. The lowest BCUT2D eigenvalue weighted by Gasteiger charge is -2.12. The molecule has 8 heteroatoms. The molecule has 0 aliphatic rings. The van der Waals surface area contributed by atoms with E-state index < -0.39 is 5.91 Å². The highest BCUT2D eigenvalue weighted by Gasteiger charge is 2.15. The second-order valence-electron chi connectivity index (χ2n) is 7.02. The maximum absolute atomic E-state index is 12.7. The summed E-state index contributed by atoms with van der Waals surface area (Å²) in [6, 6.07) is 18.3. The zero-order valence-electron chi connectivity index (χ0n) is 17.8. The van der Waals surface area contributed by atoms with Crippen molar-refractivity contribution in [3.05, 3.63) is 90.8 Å². The minimum atomic E-state index is -0.527. The van der Waals surface area contributed by atoms with Gasteiger partial charge >= 0.3 is 0 Å². The highest BCUT2D eigenvalue weighted by atomic mass is 79.9. The average molecular weight is 591 g/mol. The Hall–Kier alpha value is -2.79. The van der Waals surface area contributed by atoms with Crippen LogP contribution in [0.15, 0.2) is 69.1 Å². The molecule has 0 bridgehead atoms. The predicted octanol–water partition coefficient (Wildman–Crippen LogP) is 7.31. The summed E-state index contributed by atoms with van der Waals surface area (Å²) in [5, 5.41) is 13.0. The van der Waals surface area contributed by atoms with Gasteiger partial charge in [0.1, 0.15) is 18.2 Å². The molecule has 5 nitrogen and oxygen atoms in total. The number of carbonyl (C=O) groups excluding carboxylic acids is 1. The van der Waals surface area contributed by atoms with Crippen LogP contribution in [0.2, 0.25) is 5.02 Å². The Bertz CT molecular complexity index is 1250. The summed E-state index contributed by atoms with van der Waals surface area (Å²) in [6.45, 7) is 2.22. The SMILES string of the molecule is COc1cc(/C=C(\C#N)C(=O)Nc2c(Br)cc(C)cc2Br)ccc1OCc1ccccc1Cl. The molecule has 0 spiro atoms. The minimum absolute atomic E-state index is 0.0545. The lowest BCUT2D eigenvalue weighted by Crippen LogP contribution is -2.14. The molecule has 0 radical (unpaired) electrons. The molecule has 3 aromatic rings. The second kappa shape index (κ2) is 11.4. The quantitative estimate of drug-likeness (QED) is 0.231. The van der Waals surface area contributed by atoms with Gasteiger partial charge < -0.3 is 14.8 Å². The number of carbonyl (C=O) groups is 1. The first kappa shape index (κ1) is 24.8. The smallest absolute Gasteiger partial charge is 0.266 e. The van der Waals surface area contributed by atoms with Crippen LogP contribution >= 0.6 is 43.5 Å². The Morgan fingerprint density at radius 1 is 1.12 bits per heavy atom. The van der Waals surface area contributed by atoms with Crippen molar-refractivity contribution in [2.45, 2.75) is 13.5 Å². The van der Waals surface area contributed by atoms with Crippen molar-refractivity contribution in [2.75, 3.05) is 12.4 Å². The van der Waals surface area contributed by atoms with E-state index in [2.05, 4.69) is 37.2 Å². The van der Waals surface area contributed by atoms with Crippen LogP contribution in [0.4, 0.5) is 5.69 Å². The monoisotopic (exact) mass is 588 g/mol. The number of hydrogen-bond donors (Lipinski definition) is 1. The molecule has 0 aliphatic carbocycles. The predicted molar refractivity (Wildman–Crippen MR) is 138 cm³/mol. The van der Waals surface area contributed by atoms with Crippen molar-refractivity contribution in [1.82, 2.24) is 0 Å². The van der Waals surface area contributed by atoms with E-state index in [4.69, 9.17) is 21.1 Å². The van der Waals surface area contributed by atoms with Crippen LogP contribution in [0.3, 0.4) is 0 Å². The molecule has 0 aliphatic heterocycles. The summed E-state index contributed by atoms with van der Waals surface area (Å²) >= 11 is 13.1. The topological polar surface area (TPSA) is 71.3 Å². The van der Waals surface area contributed by atoms with Crippen LogP contribution < -0.4 is 14.8 Å². The fourth-order valence-electron chi connectivity index (χ4n) is 2.98. The molecule has 168 valence electrons. The molecular formula is C25H19Br2ClN2O3. The number of aryl methyl sites for hydroxylation is 1. The van der Waals surface area contributed by atoms with Crippen LogP contribution in [0.1, 0.15) is 16.7 Å². The Morgan fingerprint density at radius 3 is 2.45 bits per heavy atom. The molecule has 0 fully saturated rings. The van der Waals surface area contributed by atoms with Crippen molar-refractivity contribution < 1.29 is 14.3 Å². The third-order valence-corrected chi connectivity index (χ3v) is 6.25. The van der Waals surface area contributed by atoms with Gasteiger partial charge in [0.15, 0.2) is 11.5 Å². The van der Waals surface area contributed by atoms with Crippen LogP contribution in [0, 0.1) is 18.3 Å². The molecule has 0 aromatic heterocycles. The molecule has 0 saturated heterocycles. The van der Waals surface area contributed by atoms with E-state index in [1.54, 1.807) is 24.3 Å². The maximum atomic E-state index is 12.7. The van der Waals surface area contributed by atoms with Crippen LogP contribution in [0.5, 0.6) is 11.5 Å². The van der Waals surface area contributed by atoms with E-state index in [1.807, 2.05) is 43.3 Å². The number of benzene rings is 3. The molecular weight excluding hydrogens is 572 g/mol. The Kier molecular flexibility index (Phi) is 8.56. The first-order chi connectivity index (χ1) is 15.8. The van der Waals surface area contributed by atoms with Crippen molar-refractivity contribution in [2.24, 2.45) is 0 Å². The molecule has 3 aromatic carbocycles. The number of ether oxygens (including phenoxy) is 2. The van der Waals surface area contributed by atoms with Gasteiger partial charge in [-0.05, 0) is 86.3 Å². The number of anilines is 1. The number of methoxy groups -OCH3 is 1. The maximum Gasteiger partial charge on any atom is 0.266 e. The summed E-state index contributed by atoms with van der Waals surface area (Å²) in [7, 11) is 1.52. The molecule has 1 N–H and O–H groups in total. The number of halogens is 3. The van der Waals surface area contributed by atoms with Crippen molar-refractivity contribution in [3.8, 4) is 17.6 Å². The molecule has 0 atom stereocenters. The van der Waals surface area contributed by atoms with Gasteiger partial charge in [-0.3, -0.25) is 4.79 Å². The fourth-order valence-corrected chi connectivity index (χ4v) is 4.78. The standard InChI is InChI=1S/C25H19Br2ClN2O3/c1-15-9-19(26)24(20(27)10-15)30-25(31)18(13-29)11-16-7-8-22(23(12-16)32-2)33-14-17-5-3-4-6-21(17)28/h3-12H,14H2,1-2H3,(H,30,31)/b18-11+. The number of nitrogens with zero attached hydrogens (tertiary/aromatic N) is 1. The van der Waals surface area contributed by atoms with Crippen molar-refractivity contribution >= 4 is 61.1 Å². The average Bonchev–Trinajstić information content (AvgIpc) is 2.79. The number of hydrogen-bond acceptors (Lipinski definition) is 4. The lowest BCUT2D eigenvalue weighted by molar-refractivity contribution is -0.112. The van der Waals surface area contributed by atoms with Gasteiger partial charge in [0.25, 0.3) is 5.91 Å². The van der Waals surface area contributed by atoms with Crippen LogP contribution in [-0.4, -0.2) is 13.0 Å². The summed E-state index contributed by atoms with van der Waals surface area (Å²) in [4.78, 5) is 12.7. The van der Waals surface area contributed by atoms with Crippen molar-refractivity contribution in [3.63, 3.8) is 0 Å². The summed E-state index contributed by atoms with van der Waals surface area (Å²) in [6.07, 6.45) is 1.49. The second-order valence-corrected chi connectivity index (χ2v) is 9.13. The van der Waals surface area contributed by atoms with Gasteiger partial charge in [0.05, 0.1) is 12.8 Å². The Balaban J connectivity index is 1.80. The number of amides is 1. The van der Waals surface area contributed by atoms with Crippen molar-refractivity contribution in [1.29, 1.82) is 5.26 Å². The molecule has 1 amide bonds. The molecule has 3 rings (SSSR count). The number of nitriles is 1. The number of nitrogens with one attached hydrogen (secondary N) is 1. The van der Waals surface area contributed by atoms with Gasteiger partial charge in [0, 0.05) is 19.5 Å². The number of rotatable bonds is 7. The van der Waals surface area contributed by atoms with E-state index in [1.165, 1.54) is 13.2 Å². The van der Waals surface area contributed by atoms with E-state index in [0.29, 0.717) is 36.7 Å². The largest absolute Gasteiger partial charge is 0.493 e. The van der Waals surface area contributed by atoms with Gasteiger partial charge in [0.2, 0.25) is 0 Å². The summed E-state index contributed by atoms with van der Waals surface area (Å²) < 4.78 is 12.7. The summed E-state index contributed by atoms with van der Waals surface area (Å²) in [5.41, 5.74) is 2.98. The molecule has 0 unspecified atom stereocenters. The normalized spacial score (nSPS) is 11.0. The Labute approximate surface area is 214 Å². The third-order valence-electron chi connectivity index (χ3n) is 4.63. The van der Waals surface area contributed by atoms with Gasteiger partial charge in [-0.1, -0.05) is 35.9 Å². The highest BCUT2D eigenvalue weighted by Crippen LogP contribution is 2.33. The third kappa shape index (κ3) is 6.38. The first-order valence-electron chi connectivity index (χ1n) is 9.75. The van der Waals surface area contributed by atoms with E-state index in [-0.39, 0.29) is 12.2 Å². The molecule has 0 heterocycles. The van der Waals surface area contributed by atoms with Gasteiger partial charge in [-0.2, -0.15) is 5.26 Å². The van der Waals surface area contributed by atoms with Gasteiger partial charge in [-0.25, -0.2) is 0 Å². The molecule has 0 saturated carbocycles. The van der Waals surface area contributed by atoms with Crippen LogP contribution in [0.25, 0.3) is 6.08 Å². The fraction of sp³-hybridized carbons (Fsp3) is 0.120. The Morgan fingerprint density at radius 2 is 1.82 bits per heavy atom. The zero-order valence-corrected chi connectivity index (χ0v) is 21.7. The van der Waals surface area contributed by atoms with Gasteiger partial charge in [-0.15, -0.1) is 0 Å². The summed E-state index contributed by atoms with van der Waals surface area (Å²) in [5.74, 6) is 0.461. The molecule has 33 heavy (non-hydrogen) atoms. The van der Waals surface area contributed by atoms with E-state index in [9.17, 15) is 10.1 Å². The zero-order chi connectivity index (χ0) is 24.0. The minimum Gasteiger partial charge on any atom is -0.493 e. The van der Waals surface area contributed by atoms with E-state index in [0.717, 1.165) is 11.1 Å². The van der Waals surface area contributed by atoms with E-state index >= 15 is 0 Å².